The van der Waals surface area contributed by atoms with Crippen molar-refractivity contribution in [2.75, 3.05) is 41.3 Å². The maximum absolute atomic E-state index is 6.17. The summed E-state index contributed by atoms with van der Waals surface area (Å²) in [5.74, 6) is 3.21. The third kappa shape index (κ3) is 3.76. The van der Waals surface area contributed by atoms with Crippen LogP contribution >= 0.6 is 11.8 Å². The molecule has 0 aromatic heterocycles. The molecule has 28 heavy (non-hydrogen) atoms. The van der Waals surface area contributed by atoms with Gasteiger partial charge in [-0.1, -0.05) is 0 Å². The van der Waals surface area contributed by atoms with E-state index in [-0.39, 0.29) is 0 Å². The molecule has 0 unspecified atom stereocenters. The second kappa shape index (κ2) is 8.73. The van der Waals surface area contributed by atoms with Crippen molar-refractivity contribution in [2.24, 2.45) is 0 Å². The molecule has 152 valence electrons. The third-order valence-electron chi connectivity index (χ3n) is 4.98. The van der Waals surface area contributed by atoms with Crippen molar-refractivity contribution in [1.82, 2.24) is 0 Å². The SMILES string of the molecule is COc1cc([C@H]2CC[C@H](c3cc(OC)c(OC)c(OC)c3)S2)cc(N)c1OC. The van der Waals surface area contributed by atoms with Crippen LogP contribution in [0.1, 0.15) is 34.5 Å². The van der Waals surface area contributed by atoms with Crippen molar-refractivity contribution in [3.05, 3.63) is 35.4 Å². The Labute approximate surface area is 170 Å². The van der Waals surface area contributed by atoms with Gasteiger partial charge in [-0.3, -0.25) is 0 Å². The Kier molecular flexibility index (Phi) is 6.34. The Hall–Kier alpha value is -2.41. The van der Waals surface area contributed by atoms with E-state index in [2.05, 4.69) is 0 Å². The van der Waals surface area contributed by atoms with Gasteiger partial charge in [-0.05, 0) is 48.2 Å². The van der Waals surface area contributed by atoms with E-state index < -0.39 is 0 Å². The summed E-state index contributed by atoms with van der Waals surface area (Å²) in [5, 5.41) is 0.652. The van der Waals surface area contributed by atoms with E-state index in [1.54, 1.807) is 35.5 Å². The molecule has 0 bridgehead atoms. The molecule has 1 fully saturated rings. The van der Waals surface area contributed by atoms with Crippen LogP contribution in [0.4, 0.5) is 5.69 Å². The minimum Gasteiger partial charge on any atom is -0.493 e. The van der Waals surface area contributed by atoms with E-state index in [4.69, 9.17) is 29.4 Å². The van der Waals surface area contributed by atoms with Crippen LogP contribution in [0.5, 0.6) is 28.7 Å². The normalized spacial score (nSPS) is 18.6. The highest BCUT2D eigenvalue weighted by atomic mass is 32.2. The highest BCUT2D eigenvalue weighted by molar-refractivity contribution is 8.00. The van der Waals surface area contributed by atoms with Crippen LogP contribution in [0, 0.1) is 0 Å². The highest BCUT2D eigenvalue weighted by Gasteiger charge is 2.30. The van der Waals surface area contributed by atoms with Crippen LogP contribution in [0.3, 0.4) is 0 Å². The first-order valence-electron chi connectivity index (χ1n) is 9.03. The van der Waals surface area contributed by atoms with Crippen molar-refractivity contribution in [2.45, 2.75) is 23.3 Å². The Morgan fingerprint density at radius 3 is 1.54 bits per heavy atom. The molecule has 0 amide bonds. The molecule has 0 radical (unpaired) electrons. The number of anilines is 1. The van der Waals surface area contributed by atoms with E-state index in [1.807, 2.05) is 36.0 Å². The molecule has 0 saturated carbocycles. The number of methoxy groups -OCH3 is 5. The molecular weight excluding hydrogens is 378 g/mol. The smallest absolute Gasteiger partial charge is 0.203 e. The lowest BCUT2D eigenvalue weighted by Crippen LogP contribution is -2.00. The van der Waals surface area contributed by atoms with Gasteiger partial charge in [0.15, 0.2) is 23.0 Å². The summed E-state index contributed by atoms with van der Waals surface area (Å²) in [6.07, 6.45) is 2.09. The van der Waals surface area contributed by atoms with Gasteiger partial charge in [0.1, 0.15) is 0 Å². The summed E-state index contributed by atoms with van der Waals surface area (Å²) >= 11 is 1.91. The summed E-state index contributed by atoms with van der Waals surface area (Å²) in [6.45, 7) is 0. The number of hydrogen-bond donors (Lipinski definition) is 1. The second-order valence-corrected chi connectivity index (χ2v) is 7.91. The number of nitrogen functional groups attached to an aromatic ring is 1. The number of thioether (sulfide) groups is 1. The molecular formula is C21H27NO5S. The number of nitrogens with two attached hydrogens (primary N) is 1. The van der Waals surface area contributed by atoms with Crippen LogP contribution in [0.25, 0.3) is 0 Å². The average molecular weight is 406 g/mol. The van der Waals surface area contributed by atoms with Gasteiger partial charge >= 0.3 is 0 Å². The maximum Gasteiger partial charge on any atom is 0.203 e. The van der Waals surface area contributed by atoms with Crippen molar-refractivity contribution in [3.8, 4) is 28.7 Å². The molecule has 0 aliphatic carbocycles. The van der Waals surface area contributed by atoms with Crippen molar-refractivity contribution in [1.29, 1.82) is 0 Å². The Bertz CT molecular complexity index is 817. The summed E-state index contributed by atoms with van der Waals surface area (Å²) < 4.78 is 27.2. The first kappa shape index (κ1) is 20.3. The van der Waals surface area contributed by atoms with Gasteiger partial charge < -0.3 is 29.4 Å². The van der Waals surface area contributed by atoms with E-state index in [1.165, 1.54) is 0 Å². The lowest BCUT2D eigenvalue weighted by Gasteiger charge is -2.18. The zero-order chi connectivity index (χ0) is 20.3. The summed E-state index contributed by atoms with van der Waals surface area (Å²) in [4.78, 5) is 0. The molecule has 1 saturated heterocycles. The van der Waals surface area contributed by atoms with Gasteiger partial charge in [-0.15, -0.1) is 11.8 Å². The van der Waals surface area contributed by atoms with Gasteiger partial charge in [-0.2, -0.15) is 0 Å². The Morgan fingerprint density at radius 2 is 1.11 bits per heavy atom. The molecule has 2 aromatic rings. The highest BCUT2D eigenvalue weighted by Crippen LogP contribution is 2.55. The fraction of sp³-hybridized carbons (Fsp3) is 0.429. The minimum atomic E-state index is 0.325. The van der Waals surface area contributed by atoms with Gasteiger partial charge in [0.2, 0.25) is 5.75 Å². The largest absolute Gasteiger partial charge is 0.493 e. The average Bonchev–Trinajstić information content (AvgIpc) is 3.22. The number of benzene rings is 2. The van der Waals surface area contributed by atoms with Gasteiger partial charge in [0.05, 0.1) is 41.2 Å². The van der Waals surface area contributed by atoms with Gasteiger partial charge in [-0.25, -0.2) is 0 Å². The lowest BCUT2D eigenvalue weighted by molar-refractivity contribution is 0.323. The monoisotopic (exact) mass is 405 g/mol. The fourth-order valence-electron chi connectivity index (χ4n) is 3.62. The molecule has 2 N–H and O–H groups in total. The zero-order valence-corrected chi connectivity index (χ0v) is 17.7. The van der Waals surface area contributed by atoms with Crippen molar-refractivity contribution in [3.63, 3.8) is 0 Å². The molecule has 1 aliphatic heterocycles. The fourth-order valence-corrected chi connectivity index (χ4v) is 5.14. The number of rotatable bonds is 7. The molecule has 0 spiro atoms. The van der Waals surface area contributed by atoms with E-state index >= 15 is 0 Å². The van der Waals surface area contributed by atoms with Crippen LogP contribution in [0.2, 0.25) is 0 Å². The van der Waals surface area contributed by atoms with E-state index in [9.17, 15) is 0 Å². The Morgan fingerprint density at radius 1 is 0.679 bits per heavy atom. The quantitative estimate of drug-likeness (QED) is 0.674. The van der Waals surface area contributed by atoms with E-state index in [0.29, 0.717) is 44.9 Å². The Balaban J connectivity index is 1.87. The van der Waals surface area contributed by atoms with Gasteiger partial charge in [0, 0.05) is 10.5 Å². The predicted molar refractivity (Wildman–Crippen MR) is 112 cm³/mol. The third-order valence-corrected chi connectivity index (χ3v) is 6.65. The van der Waals surface area contributed by atoms with Crippen molar-refractivity contribution >= 4 is 17.4 Å². The maximum atomic E-state index is 6.17. The molecule has 2 atom stereocenters. The minimum absolute atomic E-state index is 0.325. The van der Waals surface area contributed by atoms with Crippen molar-refractivity contribution < 1.29 is 23.7 Å². The van der Waals surface area contributed by atoms with Crippen LogP contribution < -0.4 is 29.4 Å². The summed E-state index contributed by atoms with van der Waals surface area (Å²) in [7, 11) is 8.11. The summed E-state index contributed by atoms with van der Waals surface area (Å²) in [6, 6.07) is 8.07. The first-order chi connectivity index (χ1) is 13.6. The second-order valence-electron chi connectivity index (χ2n) is 6.50. The molecule has 6 nitrogen and oxygen atoms in total. The topological polar surface area (TPSA) is 72.2 Å². The number of hydrogen-bond acceptors (Lipinski definition) is 7. The van der Waals surface area contributed by atoms with Crippen LogP contribution in [0.15, 0.2) is 24.3 Å². The molecule has 1 heterocycles. The molecule has 3 rings (SSSR count). The lowest BCUT2D eigenvalue weighted by atomic mass is 10.0. The predicted octanol–water partition coefficient (Wildman–Crippen LogP) is 4.62. The number of ether oxygens (including phenoxy) is 5. The first-order valence-corrected chi connectivity index (χ1v) is 9.97. The van der Waals surface area contributed by atoms with Crippen LogP contribution in [-0.4, -0.2) is 35.5 Å². The standard InChI is InChI=1S/C21H27NO5S/c1-23-15-9-12(8-14(22)20(15)26-4)18-6-7-19(28-18)13-10-16(24-2)21(27-5)17(11-13)25-3/h8-11,18-19H,6-7,22H2,1-5H3/t18-,19-/m1/s1. The van der Waals surface area contributed by atoms with Gasteiger partial charge in [0.25, 0.3) is 0 Å². The zero-order valence-electron chi connectivity index (χ0n) is 16.9. The molecule has 1 aliphatic rings. The summed E-state index contributed by atoms with van der Waals surface area (Å²) in [5.41, 5.74) is 9.07. The van der Waals surface area contributed by atoms with E-state index in [0.717, 1.165) is 24.0 Å². The molecule has 7 heteroatoms. The van der Waals surface area contributed by atoms with Crippen LogP contribution in [-0.2, 0) is 0 Å². The molecule has 2 aromatic carbocycles.